The molecule has 6 nitrogen and oxygen atoms in total. The van der Waals surface area contributed by atoms with E-state index in [1.54, 1.807) is 0 Å². The second kappa shape index (κ2) is 9.79. The van der Waals surface area contributed by atoms with Crippen LogP contribution < -0.4 is 10.6 Å². The van der Waals surface area contributed by atoms with Crippen molar-refractivity contribution < 1.29 is 9.47 Å². The molecule has 4 rings (SSSR count). The minimum atomic E-state index is 0. The zero-order valence-electron chi connectivity index (χ0n) is 17.8. The molecule has 0 aromatic carbocycles. The molecule has 4 aliphatic rings. The van der Waals surface area contributed by atoms with E-state index in [4.69, 9.17) is 14.5 Å². The largest absolute Gasteiger partial charge is 0.379 e. The van der Waals surface area contributed by atoms with E-state index in [0.29, 0.717) is 35.4 Å². The molecule has 2 saturated carbocycles. The normalized spacial score (nSPS) is 32.9. The van der Waals surface area contributed by atoms with Gasteiger partial charge in [0, 0.05) is 49.7 Å². The molecule has 2 heterocycles. The van der Waals surface area contributed by atoms with E-state index >= 15 is 0 Å². The van der Waals surface area contributed by atoms with Crippen LogP contribution in [0.3, 0.4) is 0 Å². The Morgan fingerprint density at radius 3 is 2.57 bits per heavy atom. The van der Waals surface area contributed by atoms with Crippen LogP contribution in [0.4, 0.5) is 0 Å². The highest BCUT2D eigenvalue weighted by molar-refractivity contribution is 14.0. The predicted octanol–water partition coefficient (Wildman–Crippen LogP) is 2.47. The van der Waals surface area contributed by atoms with E-state index < -0.39 is 0 Å². The molecule has 7 heteroatoms. The van der Waals surface area contributed by atoms with Gasteiger partial charge >= 0.3 is 0 Å². The number of ether oxygens (including phenoxy) is 2. The van der Waals surface area contributed by atoms with Crippen molar-refractivity contribution in [3.63, 3.8) is 0 Å². The van der Waals surface area contributed by atoms with Gasteiger partial charge in [-0.1, -0.05) is 20.3 Å². The molecule has 162 valence electrons. The smallest absolute Gasteiger partial charge is 0.191 e. The average Bonchev–Trinajstić information content (AvgIpc) is 3.04. The molecule has 4 atom stereocenters. The molecule has 0 aromatic rings. The van der Waals surface area contributed by atoms with E-state index in [1.807, 2.05) is 0 Å². The van der Waals surface area contributed by atoms with Crippen LogP contribution in [0.5, 0.6) is 0 Å². The van der Waals surface area contributed by atoms with Gasteiger partial charge < -0.3 is 20.1 Å². The Hall–Kier alpha value is -0.120. The molecule has 4 unspecified atom stereocenters. The molecule has 4 fully saturated rings. The summed E-state index contributed by atoms with van der Waals surface area (Å²) >= 11 is 0. The summed E-state index contributed by atoms with van der Waals surface area (Å²) in [7, 11) is 0. The van der Waals surface area contributed by atoms with Crippen molar-refractivity contribution in [1.29, 1.82) is 0 Å². The molecule has 2 aliphatic heterocycles. The fourth-order valence-corrected chi connectivity index (χ4v) is 5.77. The predicted molar refractivity (Wildman–Crippen MR) is 123 cm³/mol. The molecule has 1 spiro atoms. The molecule has 0 amide bonds. The first-order valence-electron chi connectivity index (χ1n) is 11.1. The van der Waals surface area contributed by atoms with Gasteiger partial charge in [-0.2, -0.15) is 0 Å². The van der Waals surface area contributed by atoms with Gasteiger partial charge in [0.15, 0.2) is 5.96 Å². The number of rotatable bonds is 6. The number of halogens is 1. The molecule has 2 saturated heterocycles. The van der Waals surface area contributed by atoms with Crippen molar-refractivity contribution in [3.05, 3.63) is 0 Å². The number of nitrogens with zero attached hydrogens (tertiary/aromatic N) is 2. The number of nitrogens with one attached hydrogen (secondary N) is 2. The first-order chi connectivity index (χ1) is 13.2. The molecular weight excluding hydrogens is 467 g/mol. The maximum Gasteiger partial charge on any atom is 0.191 e. The van der Waals surface area contributed by atoms with Gasteiger partial charge in [-0.25, -0.2) is 0 Å². The van der Waals surface area contributed by atoms with Gasteiger partial charge in [0.05, 0.1) is 25.9 Å². The van der Waals surface area contributed by atoms with Crippen molar-refractivity contribution in [2.24, 2.45) is 22.2 Å². The van der Waals surface area contributed by atoms with Crippen molar-refractivity contribution in [2.75, 3.05) is 46.0 Å². The molecule has 2 aliphatic carbocycles. The molecule has 0 aromatic heterocycles. The van der Waals surface area contributed by atoms with Gasteiger partial charge in [0.2, 0.25) is 0 Å². The first kappa shape index (κ1) is 22.6. The second-order valence-electron chi connectivity index (χ2n) is 9.13. The minimum Gasteiger partial charge on any atom is -0.379 e. The van der Waals surface area contributed by atoms with Crippen LogP contribution in [-0.2, 0) is 9.47 Å². The zero-order valence-corrected chi connectivity index (χ0v) is 20.1. The van der Waals surface area contributed by atoms with Crippen LogP contribution in [0.15, 0.2) is 4.99 Å². The third-order valence-corrected chi connectivity index (χ3v) is 7.39. The quantitative estimate of drug-likeness (QED) is 0.330. The Balaban J connectivity index is 0.00000225. The van der Waals surface area contributed by atoms with Crippen molar-refractivity contribution in [2.45, 2.75) is 64.6 Å². The standard InChI is InChI=1S/C21H38N4O2.HI/c1-4-22-20(23-14-17(15(2)3)25-9-12-26-13-10-25)24-18-16-6-11-27-19(16)21(18)7-5-8-21;/h15-19H,4-14H2,1-3H3,(H2,22,23,24);1H. The zero-order chi connectivity index (χ0) is 18.9. The Morgan fingerprint density at radius 2 is 1.96 bits per heavy atom. The van der Waals surface area contributed by atoms with E-state index in [1.165, 1.54) is 25.7 Å². The van der Waals surface area contributed by atoms with E-state index in [0.717, 1.165) is 52.0 Å². The molecule has 28 heavy (non-hydrogen) atoms. The highest BCUT2D eigenvalue weighted by Crippen LogP contribution is 2.62. The monoisotopic (exact) mass is 506 g/mol. The SMILES string of the molecule is CCNC(=NCC(C(C)C)N1CCOCC1)NC1C2CCOC2C12CCC2.I. The lowest BCUT2D eigenvalue weighted by atomic mass is 9.46. The fraction of sp³-hybridized carbons (Fsp3) is 0.952. The van der Waals surface area contributed by atoms with Gasteiger partial charge in [-0.05, 0) is 32.1 Å². The number of morpholine rings is 1. The summed E-state index contributed by atoms with van der Waals surface area (Å²) in [6, 6.07) is 1.02. The van der Waals surface area contributed by atoms with Crippen LogP contribution in [0.2, 0.25) is 0 Å². The van der Waals surface area contributed by atoms with Gasteiger partial charge in [0.25, 0.3) is 0 Å². The highest BCUT2D eigenvalue weighted by Gasteiger charge is 2.66. The number of guanidine groups is 1. The van der Waals surface area contributed by atoms with Gasteiger partial charge in [-0.15, -0.1) is 24.0 Å². The first-order valence-corrected chi connectivity index (χ1v) is 11.1. The summed E-state index contributed by atoms with van der Waals surface area (Å²) < 4.78 is 11.6. The third kappa shape index (κ3) is 4.18. The van der Waals surface area contributed by atoms with Crippen LogP contribution in [0.25, 0.3) is 0 Å². The van der Waals surface area contributed by atoms with Gasteiger partial charge in [-0.3, -0.25) is 9.89 Å². The lowest BCUT2D eigenvalue weighted by Crippen LogP contribution is -2.72. The third-order valence-electron chi connectivity index (χ3n) is 7.39. The summed E-state index contributed by atoms with van der Waals surface area (Å²) in [5.41, 5.74) is 0.388. The highest BCUT2D eigenvalue weighted by atomic mass is 127. The molecule has 0 radical (unpaired) electrons. The van der Waals surface area contributed by atoms with E-state index in [-0.39, 0.29) is 24.0 Å². The fourth-order valence-electron chi connectivity index (χ4n) is 5.77. The Bertz CT molecular complexity index is 534. The minimum absolute atomic E-state index is 0. The lowest BCUT2D eigenvalue weighted by Gasteiger charge is -2.63. The van der Waals surface area contributed by atoms with Crippen LogP contribution >= 0.6 is 24.0 Å². The van der Waals surface area contributed by atoms with E-state index in [2.05, 4.69) is 36.3 Å². The maximum absolute atomic E-state index is 6.07. The number of aliphatic imine (C=N–C) groups is 1. The molecule has 2 N–H and O–H groups in total. The summed E-state index contributed by atoms with van der Waals surface area (Å²) in [5, 5.41) is 7.33. The van der Waals surface area contributed by atoms with Crippen LogP contribution in [0.1, 0.15) is 46.5 Å². The maximum atomic E-state index is 6.07. The Labute approximate surface area is 187 Å². The summed E-state index contributed by atoms with van der Waals surface area (Å²) in [4.78, 5) is 7.60. The van der Waals surface area contributed by atoms with Crippen molar-refractivity contribution >= 4 is 29.9 Å². The number of hydrogen-bond acceptors (Lipinski definition) is 4. The second-order valence-corrected chi connectivity index (χ2v) is 9.13. The summed E-state index contributed by atoms with van der Waals surface area (Å²) in [6.07, 6.45) is 5.68. The molecule has 0 bridgehead atoms. The Kier molecular flexibility index (Phi) is 7.89. The summed E-state index contributed by atoms with van der Waals surface area (Å²) in [6.45, 7) is 13.2. The van der Waals surface area contributed by atoms with Crippen LogP contribution in [-0.4, -0.2) is 75.0 Å². The van der Waals surface area contributed by atoms with E-state index in [9.17, 15) is 0 Å². The molecular formula is C21H39IN4O2. The van der Waals surface area contributed by atoms with Crippen molar-refractivity contribution in [3.8, 4) is 0 Å². The summed E-state index contributed by atoms with van der Waals surface area (Å²) in [5.74, 6) is 2.26. The number of hydrogen-bond donors (Lipinski definition) is 2. The average molecular weight is 506 g/mol. The van der Waals surface area contributed by atoms with Crippen molar-refractivity contribution in [1.82, 2.24) is 15.5 Å². The Morgan fingerprint density at radius 1 is 1.21 bits per heavy atom. The van der Waals surface area contributed by atoms with Crippen LogP contribution in [0, 0.1) is 17.3 Å². The lowest BCUT2D eigenvalue weighted by molar-refractivity contribution is -0.171. The van der Waals surface area contributed by atoms with Gasteiger partial charge in [0.1, 0.15) is 0 Å². The number of fused-ring (bicyclic) bond motifs is 2. The topological polar surface area (TPSA) is 58.1 Å².